The molecule has 1 aromatic heterocycles. The van der Waals surface area contributed by atoms with Crippen LogP contribution in [0.25, 0.3) is 11.4 Å². The fraction of sp³-hybridized carbons (Fsp3) is 0.312. The summed E-state index contributed by atoms with van der Waals surface area (Å²) in [6, 6.07) is 7.35. The molecule has 0 aliphatic rings. The standard InChI is InChI=1S/C16H19N3O3/c1-10(2)8-17-15-12(16(20)21)9-18-14(19-15)11-6-4-5-7-13(11)22-3/h4-7,9-10H,8H2,1-3H3,(H,20,21)(H,17,18,19). The highest BCUT2D eigenvalue weighted by Gasteiger charge is 2.16. The smallest absolute Gasteiger partial charge is 0.341 e. The molecule has 0 aliphatic heterocycles. The summed E-state index contributed by atoms with van der Waals surface area (Å²) in [4.78, 5) is 19.8. The lowest BCUT2D eigenvalue weighted by Crippen LogP contribution is -2.14. The van der Waals surface area contributed by atoms with Crippen LogP contribution >= 0.6 is 0 Å². The molecule has 0 unspecified atom stereocenters. The number of carboxylic acids is 1. The summed E-state index contributed by atoms with van der Waals surface area (Å²) in [5, 5.41) is 12.3. The third kappa shape index (κ3) is 3.52. The average molecular weight is 301 g/mol. The van der Waals surface area contributed by atoms with Crippen LogP contribution in [0.4, 0.5) is 5.82 Å². The lowest BCUT2D eigenvalue weighted by molar-refractivity contribution is 0.0697. The number of nitrogens with one attached hydrogen (secondary N) is 1. The van der Waals surface area contributed by atoms with Crippen LogP contribution in [0.15, 0.2) is 30.5 Å². The van der Waals surface area contributed by atoms with Gasteiger partial charge in [0, 0.05) is 12.7 Å². The quantitative estimate of drug-likeness (QED) is 0.853. The predicted molar refractivity (Wildman–Crippen MR) is 84.3 cm³/mol. The molecule has 6 heteroatoms. The highest BCUT2D eigenvalue weighted by atomic mass is 16.5. The van der Waals surface area contributed by atoms with Gasteiger partial charge in [0.25, 0.3) is 0 Å². The largest absolute Gasteiger partial charge is 0.496 e. The first-order valence-electron chi connectivity index (χ1n) is 7.00. The van der Waals surface area contributed by atoms with E-state index in [1.54, 1.807) is 7.11 Å². The number of carbonyl (C=O) groups is 1. The van der Waals surface area contributed by atoms with Gasteiger partial charge in [0.2, 0.25) is 0 Å². The molecule has 0 bridgehead atoms. The van der Waals surface area contributed by atoms with Gasteiger partial charge in [-0.05, 0) is 18.1 Å². The number of hydrogen-bond donors (Lipinski definition) is 2. The normalized spacial score (nSPS) is 10.5. The molecule has 0 saturated heterocycles. The molecule has 0 amide bonds. The third-order valence-corrected chi connectivity index (χ3v) is 3.04. The van der Waals surface area contributed by atoms with E-state index in [1.807, 2.05) is 38.1 Å². The Kier molecular flexibility index (Phi) is 4.93. The maximum absolute atomic E-state index is 11.3. The van der Waals surface area contributed by atoms with Crippen molar-refractivity contribution >= 4 is 11.8 Å². The predicted octanol–water partition coefficient (Wildman–Crippen LogP) is 2.92. The van der Waals surface area contributed by atoms with Gasteiger partial charge < -0.3 is 15.2 Å². The van der Waals surface area contributed by atoms with Crippen LogP contribution in [0.1, 0.15) is 24.2 Å². The zero-order valence-corrected chi connectivity index (χ0v) is 12.8. The first-order chi connectivity index (χ1) is 10.5. The van der Waals surface area contributed by atoms with Gasteiger partial charge >= 0.3 is 5.97 Å². The summed E-state index contributed by atoms with van der Waals surface area (Å²) >= 11 is 0. The van der Waals surface area contributed by atoms with E-state index in [9.17, 15) is 9.90 Å². The molecule has 0 spiro atoms. The van der Waals surface area contributed by atoms with Crippen LogP contribution in [0, 0.1) is 5.92 Å². The van der Waals surface area contributed by atoms with Gasteiger partial charge in [-0.1, -0.05) is 26.0 Å². The van der Waals surface area contributed by atoms with Gasteiger partial charge in [-0.3, -0.25) is 0 Å². The highest BCUT2D eigenvalue weighted by Crippen LogP contribution is 2.28. The molecule has 0 saturated carbocycles. The van der Waals surface area contributed by atoms with Crippen LogP contribution in [0.2, 0.25) is 0 Å². The number of anilines is 1. The fourth-order valence-corrected chi connectivity index (χ4v) is 1.93. The molecular weight excluding hydrogens is 282 g/mol. The van der Waals surface area contributed by atoms with Gasteiger partial charge in [-0.15, -0.1) is 0 Å². The average Bonchev–Trinajstić information content (AvgIpc) is 2.52. The molecule has 0 radical (unpaired) electrons. The van der Waals surface area contributed by atoms with Crippen molar-refractivity contribution in [1.29, 1.82) is 0 Å². The van der Waals surface area contributed by atoms with Gasteiger partial charge in [0.05, 0.1) is 12.7 Å². The van der Waals surface area contributed by atoms with Crippen molar-refractivity contribution in [2.75, 3.05) is 19.0 Å². The zero-order valence-electron chi connectivity index (χ0n) is 12.8. The van der Waals surface area contributed by atoms with Crippen LogP contribution in [-0.2, 0) is 0 Å². The molecule has 22 heavy (non-hydrogen) atoms. The Balaban J connectivity index is 2.45. The van der Waals surface area contributed by atoms with Crippen LogP contribution < -0.4 is 10.1 Å². The highest BCUT2D eigenvalue weighted by molar-refractivity contribution is 5.93. The fourth-order valence-electron chi connectivity index (χ4n) is 1.93. The SMILES string of the molecule is COc1ccccc1-c1ncc(C(=O)O)c(NCC(C)C)n1. The molecule has 0 aliphatic carbocycles. The van der Waals surface area contributed by atoms with E-state index >= 15 is 0 Å². The van der Waals surface area contributed by atoms with E-state index in [0.717, 1.165) is 5.56 Å². The van der Waals surface area contributed by atoms with Crippen molar-refractivity contribution in [2.45, 2.75) is 13.8 Å². The van der Waals surface area contributed by atoms with E-state index in [2.05, 4.69) is 15.3 Å². The summed E-state index contributed by atoms with van der Waals surface area (Å²) in [5.41, 5.74) is 0.772. The zero-order chi connectivity index (χ0) is 16.1. The first-order valence-corrected chi connectivity index (χ1v) is 7.00. The Morgan fingerprint density at radius 3 is 2.73 bits per heavy atom. The Morgan fingerprint density at radius 2 is 2.09 bits per heavy atom. The number of methoxy groups -OCH3 is 1. The Bertz CT molecular complexity index is 671. The summed E-state index contributed by atoms with van der Waals surface area (Å²) < 4.78 is 5.30. The number of nitrogens with zero attached hydrogens (tertiary/aromatic N) is 2. The maximum atomic E-state index is 11.3. The summed E-state index contributed by atoms with van der Waals surface area (Å²) in [6.45, 7) is 4.70. The van der Waals surface area contributed by atoms with E-state index in [0.29, 0.717) is 29.9 Å². The van der Waals surface area contributed by atoms with Crippen LogP contribution in [-0.4, -0.2) is 34.7 Å². The summed E-state index contributed by atoms with van der Waals surface area (Å²) in [6.07, 6.45) is 1.32. The number of aromatic carboxylic acids is 1. The molecule has 2 aromatic rings. The van der Waals surface area contributed by atoms with Crippen LogP contribution in [0.5, 0.6) is 5.75 Å². The minimum absolute atomic E-state index is 0.0549. The summed E-state index contributed by atoms with van der Waals surface area (Å²) in [7, 11) is 1.57. The molecular formula is C16H19N3O3. The lowest BCUT2D eigenvalue weighted by Gasteiger charge is -2.13. The van der Waals surface area contributed by atoms with Crippen molar-refractivity contribution in [1.82, 2.24) is 9.97 Å². The number of ether oxygens (including phenoxy) is 1. The van der Waals surface area contributed by atoms with E-state index < -0.39 is 5.97 Å². The third-order valence-electron chi connectivity index (χ3n) is 3.04. The maximum Gasteiger partial charge on any atom is 0.341 e. The second kappa shape index (κ2) is 6.89. The van der Waals surface area contributed by atoms with Gasteiger partial charge in [-0.2, -0.15) is 0 Å². The molecule has 0 fully saturated rings. The summed E-state index contributed by atoms with van der Waals surface area (Å²) in [5.74, 6) is 0.690. The van der Waals surface area contributed by atoms with Crippen molar-refractivity contribution in [3.63, 3.8) is 0 Å². The van der Waals surface area contributed by atoms with Crippen molar-refractivity contribution in [2.24, 2.45) is 5.92 Å². The molecule has 2 rings (SSSR count). The van der Waals surface area contributed by atoms with E-state index in [4.69, 9.17) is 4.74 Å². The molecule has 1 heterocycles. The van der Waals surface area contributed by atoms with Gasteiger partial charge in [0.15, 0.2) is 5.82 Å². The van der Waals surface area contributed by atoms with E-state index in [1.165, 1.54) is 6.20 Å². The topological polar surface area (TPSA) is 84.3 Å². The number of benzene rings is 1. The number of aromatic nitrogens is 2. The Hall–Kier alpha value is -2.63. The van der Waals surface area contributed by atoms with Crippen molar-refractivity contribution < 1.29 is 14.6 Å². The van der Waals surface area contributed by atoms with Crippen molar-refractivity contribution in [3.05, 3.63) is 36.0 Å². The van der Waals surface area contributed by atoms with Crippen LogP contribution in [0.3, 0.4) is 0 Å². The van der Waals surface area contributed by atoms with Gasteiger partial charge in [0.1, 0.15) is 17.1 Å². The molecule has 0 atom stereocenters. The van der Waals surface area contributed by atoms with Crippen molar-refractivity contribution in [3.8, 4) is 17.1 Å². The Morgan fingerprint density at radius 1 is 1.36 bits per heavy atom. The number of para-hydroxylation sites is 1. The Labute approximate surface area is 129 Å². The van der Waals surface area contributed by atoms with E-state index in [-0.39, 0.29) is 5.56 Å². The number of rotatable bonds is 6. The number of carboxylic acid groups (broad SMARTS) is 1. The monoisotopic (exact) mass is 301 g/mol. The molecule has 2 N–H and O–H groups in total. The second-order valence-electron chi connectivity index (χ2n) is 5.24. The number of hydrogen-bond acceptors (Lipinski definition) is 5. The first kappa shape index (κ1) is 15.8. The lowest BCUT2D eigenvalue weighted by atomic mass is 10.1. The molecule has 116 valence electrons. The van der Waals surface area contributed by atoms with Gasteiger partial charge in [-0.25, -0.2) is 14.8 Å². The molecule has 1 aromatic carbocycles. The minimum atomic E-state index is -1.06. The molecule has 6 nitrogen and oxygen atoms in total. The second-order valence-corrected chi connectivity index (χ2v) is 5.24. The minimum Gasteiger partial charge on any atom is -0.496 e.